The molecule has 0 unspecified atom stereocenters. The molecule has 0 atom stereocenters. The molecule has 0 fully saturated rings. The lowest BCUT2D eigenvalue weighted by atomic mass is 10.1. The van der Waals surface area contributed by atoms with Crippen molar-refractivity contribution in [2.24, 2.45) is 14.1 Å². The van der Waals surface area contributed by atoms with Gasteiger partial charge < -0.3 is 8.98 Å². The molecule has 32 heavy (non-hydrogen) atoms. The number of nitrogens with zero attached hydrogens (tertiary/aromatic N) is 7. The van der Waals surface area contributed by atoms with Gasteiger partial charge >= 0.3 is 11.3 Å². The summed E-state index contributed by atoms with van der Waals surface area (Å²) < 4.78 is 10.9. The predicted molar refractivity (Wildman–Crippen MR) is 116 cm³/mol. The molecule has 0 aliphatic carbocycles. The first-order valence-electron chi connectivity index (χ1n) is 9.85. The first-order valence-corrected chi connectivity index (χ1v) is 9.85. The molecule has 4 heterocycles. The lowest BCUT2D eigenvalue weighted by Crippen LogP contribution is -2.37. The van der Waals surface area contributed by atoms with Gasteiger partial charge in [-0.25, -0.2) is 19.3 Å². The van der Waals surface area contributed by atoms with Crippen LogP contribution in [0.15, 0.2) is 55.6 Å². The molecule has 0 aliphatic heterocycles. The summed E-state index contributed by atoms with van der Waals surface area (Å²) in [5.41, 5.74) is 2.27. The van der Waals surface area contributed by atoms with E-state index < -0.39 is 16.9 Å². The van der Waals surface area contributed by atoms with E-state index in [2.05, 4.69) is 15.3 Å². The fourth-order valence-electron chi connectivity index (χ4n) is 3.83. The van der Waals surface area contributed by atoms with Crippen LogP contribution in [0, 0.1) is 6.92 Å². The van der Waals surface area contributed by atoms with E-state index >= 15 is 0 Å². The summed E-state index contributed by atoms with van der Waals surface area (Å²) in [6, 6.07) is 7.08. The highest BCUT2D eigenvalue weighted by molar-refractivity contribution is 5.80. The van der Waals surface area contributed by atoms with E-state index in [0.717, 1.165) is 21.1 Å². The van der Waals surface area contributed by atoms with Crippen LogP contribution >= 0.6 is 0 Å². The van der Waals surface area contributed by atoms with Crippen molar-refractivity contribution in [1.82, 2.24) is 33.7 Å². The number of hydrogen-bond acceptors (Lipinski definition) is 7. The van der Waals surface area contributed by atoms with Crippen LogP contribution < -0.4 is 16.9 Å². The zero-order valence-electron chi connectivity index (χ0n) is 17.6. The smallest absolute Gasteiger partial charge is 0.336 e. The van der Waals surface area contributed by atoms with Crippen molar-refractivity contribution in [2.45, 2.75) is 20.0 Å². The van der Waals surface area contributed by atoms with E-state index in [1.54, 1.807) is 28.6 Å². The number of imidazole rings is 1. The Morgan fingerprint density at radius 3 is 2.66 bits per heavy atom. The summed E-state index contributed by atoms with van der Waals surface area (Å²) in [4.78, 5) is 40.9. The number of aryl methyl sites for hydroxylation is 2. The Balaban J connectivity index is 1.49. The van der Waals surface area contributed by atoms with E-state index in [0.29, 0.717) is 29.0 Å². The van der Waals surface area contributed by atoms with E-state index in [4.69, 9.17) is 4.42 Å². The molecule has 11 nitrogen and oxygen atoms in total. The largest absolute Gasteiger partial charge is 0.423 e. The highest BCUT2D eigenvalue weighted by Crippen LogP contribution is 2.19. The summed E-state index contributed by atoms with van der Waals surface area (Å²) in [5.74, 6) is 0. The average Bonchev–Trinajstić information content (AvgIpc) is 3.38. The average molecular weight is 433 g/mol. The minimum atomic E-state index is -0.437. The molecule has 0 bridgehead atoms. The van der Waals surface area contributed by atoms with Crippen LogP contribution in [0.25, 0.3) is 22.1 Å². The molecule has 0 saturated heterocycles. The van der Waals surface area contributed by atoms with Gasteiger partial charge in [-0.1, -0.05) is 16.8 Å². The molecule has 5 rings (SSSR count). The molecule has 1 aromatic carbocycles. The maximum Gasteiger partial charge on any atom is 0.336 e. The second-order valence-corrected chi connectivity index (χ2v) is 7.75. The topological polar surface area (TPSA) is 123 Å². The fraction of sp³-hybridized carbons (Fsp3) is 0.238. The third-order valence-corrected chi connectivity index (χ3v) is 5.45. The van der Waals surface area contributed by atoms with E-state index in [1.165, 1.54) is 24.0 Å². The van der Waals surface area contributed by atoms with Crippen molar-refractivity contribution in [3.8, 4) is 0 Å². The van der Waals surface area contributed by atoms with Gasteiger partial charge in [0, 0.05) is 25.5 Å². The first kappa shape index (κ1) is 19.7. The van der Waals surface area contributed by atoms with Crippen LogP contribution in [0.4, 0.5) is 0 Å². The van der Waals surface area contributed by atoms with Crippen molar-refractivity contribution in [3.05, 3.63) is 84.9 Å². The molecular formula is C21H19N7O4. The zero-order chi connectivity index (χ0) is 22.6. The van der Waals surface area contributed by atoms with E-state index in [1.807, 2.05) is 19.1 Å². The van der Waals surface area contributed by atoms with Gasteiger partial charge in [-0.2, -0.15) is 0 Å². The predicted octanol–water partition coefficient (Wildman–Crippen LogP) is 0.537. The van der Waals surface area contributed by atoms with Gasteiger partial charge in [0.1, 0.15) is 11.3 Å². The molecule has 162 valence electrons. The van der Waals surface area contributed by atoms with Gasteiger partial charge in [0.25, 0.3) is 5.56 Å². The molecule has 0 N–H and O–H groups in total. The molecule has 11 heteroatoms. The van der Waals surface area contributed by atoms with Gasteiger partial charge in [-0.05, 0) is 24.6 Å². The number of fused-ring (bicyclic) bond motifs is 2. The molecule has 0 aliphatic rings. The molecule has 5 aromatic rings. The standard InChI is InChI=1S/C21H19N7O4/c1-12-4-5-16-15(6-12)13(7-17(29)32-16)8-28-10-14(23-24-28)9-27-11-22-19-18(27)20(30)26(3)21(31)25(19)2/h4-7,10-11H,8-9H2,1-3H3. The Morgan fingerprint density at radius 1 is 1.03 bits per heavy atom. The molecule has 0 saturated carbocycles. The lowest BCUT2D eigenvalue weighted by molar-refractivity contribution is 0.555. The van der Waals surface area contributed by atoms with Crippen LogP contribution in [-0.4, -0.2) is 33.7 Å². The Kier molecular flexibility index (Phi) is 4.40. The number of rotatable bonds is 4. The monoisotopic (exact) mass is 433 g/mol. The van der Waals surface area contributed by atoms with Gasteiger partial charge in [0.2, 0.25) is 0 Å². The SMILES string of the molecule is Cc1ccc2oc(=O)cc(Cn3cc(Cn4cnc5c4c(=O)n(C)c(=O)n5C)nn3)c2c1. The third kappa shape index (κ3) is 3.14. The van der Waals surface area contributed by atoms with Gasteiger partial charge in [0.05, 0.1) is 25.6 Å². The molecular weight excluding hydrogens is 414 g/mol. The number of hydrogen-bond donors (Lipinski definition) is 0. The summed E-state index contributed by atoms with van der Waals surface area (Å²) in [5, 5.41) is 9.20. The summed E-state index contributed by atoms with van der Waals surface area (Å²) in [6.45, 7) is 2.55. The van der Waals surface area contributed by atoms with Gasteiger partial charge in [-0.15, -0.1) is 5.10 Å². The van der Waals surface area contributed by atoms with Crippen LogP contribution in [0.2, 0.25) is 0 Å². The van der Waals surface area contributed by atoms with Crippen LogP contribution in [0.3, 0.4) is 0 Å². The Morgan fingerprint density at radius 2 is 1.84 bits per heavy atom. The summed E-state index contributed by atoms with van der Waals surface area (Å²) in [6.07, 6.45) is 3.25. The van der Waals surface area contributed by atoms with E-state index in [-0.39, 0.29) is 6.54 Å². The van der Waals surface area contributed by atoms with Crippen molar-refractivity contribution >= 4 is 22.1 Å². The van der Waals surface area contributed by atoms with Crippen molar-refractivity contribution in [2.75, 3.05) is 0 Å². The number of aromatic nitrogens is 7. The second-order valence-electron chi connectivity index (χ2n) is 7.75. The van der Waals surface area contributed by atoms with Crippen LogP contribution in [-0.2, 0) is 27.2 Å². The Bertz CT molecular complexity index is 1680. The van der Waals surface area contributed by atoms with Crippen LogP contribution in [0.5, 0.6) is 0 Å². The normalized spacial score (nSPS) is 11.6. The quantitative estimate of drug-likeness (QED) is 0.379. The van der Waals surface area contributed by atoms with Crippen molar-refractivity contribution in [3.63, 3.8) is 0 Å². The van der Waals surface area contributed by atoms with Gasteiger partial charge in [0.15, 0.2) is 11.2 Å². The Hall–Kier alpha value is -4.28. The molecule has 4 aromatic heterocycles. The zero-order valence-corrected chi connectivity index (χ0v) is 17.6. The van der Waals surface area contributed by atoms with E-state index in [9.17, 15) is 14.4 Å². The first-order chi connectivity index (χ1) is 15.3. The Labute approximate surface area is 179 Å². The minimum absolute atomic E-state index is 0.251. The molecule has 0 amide bonds. The lowest BCUT2D eigenvalue weighted by Gasteiger charge is -2.06. The molecule has 0 radical (unpaired) electrons. The van der Waals surface area contributed by atoms with Crippen molar-refractivity contribution < 1.29 is 4.42 Å². The fourth-order valence-corrected chi connectivity index (χ4v) is 3.83. The summed E-state index contributed by atoms with van der Waals surface area (Å²) in [7, 11) is 3.00. The summed E-state index contributed by atoms with van der Waals surface area (Å²) >= 11 is 0. The highest BCUT2D eigenvalue weighted by atomic mass is 16.4. The molecule has 0 spiro atoms. The van der Waals surface area contributed by atoms with Gasteiger partial charge in [-0.3, -0.25) is 13.9 Å². The minimum Gasteiger partial charge on any atom is -0.423 e. The third-order valence-electron chi connectivity index (χ3n) is 5.45. The van der Waals surface area contributed by atoms with Crippen LogP contribution in [0.1, 0.15) is 16.8 Å². The second kappa shape index (κ2) is 7.15. The van der Waals surface area contributed by atoms with Crippen molar-refractivity contribution in [1.29, 1.82) is 0 Å². The maximum absolute atomic E-state index is 12.6. The number of benzene rings is 1. The maximum atomic E-state index is 12.6. The highest BCUT2D eigenvalue weighted by Gasteiger charge is 2.15.